The van der Waals surface area contributed by atoms with Crippen molar-refractivity contribution in [2.75, 3.05) is 32.8 Å². The van der Waals surface area contributed by atoms with Crippen LogP contribution in [0.4, 0.5) is 0 Å². The average molecular weight is 375 g/mol. The van der Waals surface area contributed by atoms with E-state index < -0.39 is 0 Å². The number of benzene rings is 1. The molecule has 6 nitrogen and oxygen atoms in total. The van der Waals surface area contributed by atoms with E-state index in [0.29, 0.717) is 32.0 Å². The number of aromatic nitrogens is 2. The quantitative estimate of drug-likeness (QED) is 0.825. The maximum atomic E-state index is 13.0. The lowest BCUT2D eigenvalue weighted by Gasteiger charge is -2.34. The van der Waals surface area contributed by atoms with E-state index >= 15 is 0 Å². The van der Waals surface area contributed by atoms with Gasteiger partial charge >= 0.3 is 0 Å². The summed E-state index contributed by atoms with van der Waals surface area (Å²) in [6, 6.07) is 7.95. The van der Waals surface area contributed by atoms with Gasteiger partial charge in [-0.05, 0) is 17.7 Å². The van der Waals surface area contributed by atoms with Crippen molar-refractivity contribution < 1.29 is 9.53 Å². The highest BCUT2D eigenvalue weighted by Gasteiger charge is 2.29. The van der Waals surface area contributed by atoms with Crippen molar-refractivity contribution in [3.8, 4) is 0 Å². The topological polar surface area (TPSA) is 50.6 Å². The predicted molar refractivity (Wildman–Crippen MR) is 99.2 cm³/mol. The van der Waals surface area contributed by atoms with Crippen LogP contribution in [0, 0.1) is 0 Å². The summed E-state index contributed by atoms with van der Waals surface area (Å²) in [5.74, 6) is 0.0229. The highest BCUT2D eigenvalue weighted by Crippen LogP contribution is 2.22. The normalized spacial score (nSPS) is 18.0. The number of nitrogens with zero attached hydrogens (tertiary/aromatic N) is 4. The van der Waals surface area contributed by atoms with Crippen LogP contribution in [-0.4, -0.2) is 58.3 Å². The zero-order valence-corrected chi connectivity index (χ0v) is 15.7. The molecule has 3 heterocycles. The summed E-state index contributed by atoms with van der Waals surface area (Å²) >= 11 is 6.06. The van der Waals surface area contributed by atoms with Crippen LogP contribution in [0.25, 0.3) is 0 Å². The van der Waals surface area contributed by atoms with E-state index in [1.807, 2.05) is 34.8 Å². The lowest BCUT2D eigenvalue weighted by atomic mass is 10.1. The Labute approximate surface area is 158 Å². The average Bonchev–Trinajstić information content (AvgIpc) is 2.99. The van der Waals surface area contributed by atoms with Crippen LogP contribution < -0.4 is 0 Å². The lowest BCUT2D eigenvalue weighted by Crippen LogP contribution is -2.48. The van der Waals surface area contributed by atoms with Crippen molar-refractivity contribution >= 4 is 17.5 Å². The molecule has 1 aromatic heterocycles. The van der Waals surface area contributed by atoms with Crippen molar-refractivity contribution in [1.82, 2.24) is 19.6 Å². The number of rotatable bonds is 3. The zero-order valence-electron chi connectivity index (χ0n) is 14.9. The molecule has 1 amide bonds. The van der Waals surface area contributed by atoms with E-state index in [1.165, 1.54) is 5.56 Å². The molecule has 2 aliphatic heterocycles. The van der Waals surface area contributed by atoms with Gasteiger partial charge in [0.25, 0.3) is 5.91 Å². The number of hydrogen-bond acceptors (Lipinski definition) is 4. The first-order chi connectivity index (χ1) is 12.6. The molecule has 0 atom stereocenters. The van der Waals surface area contributed by atoms with Gasteiger partial charge in [0, 0.05) is 62.5 Å². The van der Waals surface area contributed by atoms with Crippen molar-refractivity contribution in [3.05, 3.63) is 51.8 Å². The number of amides is 1. The molecule has 138 valence electrons. The zero-order chi connectivity index (χ0) is 18.1. The largest absolute Gasteiger partial charge is 0.376 e. The van der Waals surface area contributed by atoms with Gasteiger partial charge in [0.1, 0.15) is 0 Å². The van der Waals surface area contributed by atoms with Gasteiger partial charge in [0.05, 0.1) is 13.2 Å². The number of carbonyl (C=O) groups is 1. The third-order valence-electron chi connectivity index (χ3n) is 5.16. The summed E-state index contributed by atoms with van der Waals surface area (Å²) in [7, 11) is 1.91. The van der Waals surface area contributed by atoms with Gasteiger partial charge in [0.2, 0.25) is 0 Å². The van der Waals surface area contributed by atoms with Crippen LogP contribution in [0.2, 0.25) is 5.02 Å². The highest BCUT2D eigenvalue weighted by molar-refractivity contribution is 6.30. The van der Waals surface area contributed by atoms with Gasteiger partial charge in [-0.2, -0.15) is 5.10 Å². The van der Waals surface area contributed by atoms with Crippen LogP contribution in [0.3, 0.4) is 0 Å². The number of aryl methyl sites for hydroxylation is 1. The van der Waals surface area contributed by atoms with Crippen LogP contribution in [0.15, 0.2) is 24.3 Å². The standard InChI is InChI=1S/C19H23ClN4O2/c1-22-17-5-10-26-13-16(17)18(21-22)19(25)24-8-6-23(7-9-24)12-14-3-2-4-15(20)11-14/h2-4,11H,5-10,12-13H2,1H3. The van der Waals surface area contributed by atoms with E-state index in [0.717, 1.165) is 42.3 Å². The van der Waals surface area contributed by atoms with Gasteiger partial charge in [-0.25, -0.2) is 0 Å². The molecule has 0 spiro atoms. The Kier molecular flexibility index (Phi) is 4.98. The fourth-order valence-corrected chi connectivity index (χ4v) is 3.95. The van der Waals surface area contributed by atoms with Crippen LogP contribution in [0.5, 0.6) is 0 Å². The third-order valence-corrected chi connectivity index (χ3v) is 5.40. The monoisotopic (exact) mass is 374 g/mol. The molecule has 0 saturated carbocycles. The molecule has 1 aromatic carbocycles. The number of ether oxygens (including phenoxy) is 1. The number of piperazine rings is 1. The Bertz CT molecular complexity index is 812. The molecule has 0 N–H and O–H groups in total. The molecule has 0 radical (unpaired) electrons. The third kappa shape index (κ3) is 3.49. The Hall–Kier alpha value is -1.89. The van der Waals surface area contributed by atoms with E-state index in [-0.39, 0.29) is 5.91 Å². The number of carbonyl (C=O) groups excluding carboxylic acids is 1. The lowest BCUT2D eigenvalue weighted by molar-refractivity contribution is 0.0612. The molecule has 1 saturated heterocycles. The second-order valence-corrected chi connectivity index (χ2v) is 7.33. The van der Waals surface area contributed by atoms with Crippen molar-refractivity contribution in [3.63, 3.8) is 0 Å². The molecule has 0 unspecified atom stereocenters. The summed E-state index contributed by atoms with van der Waals surface area (Å²) in [5.41, 5.74) is 3.85. The van der Waals surface area contributed by atoms with Crippen LogP contribution >= 0.6 is 11.6 Å². The Morgan fingerprint density at radius 2 is 2.08 bits per heavy atom. The smallest absolute Gasteiger partial charge is 0.274 e. The number of hydrogen-bond donors (Lipinski definition) is 0. The minimum Gasteiger partial charge on any atom is -0.376 e. The number of fused-ring (bicyclic) bond motifs is 1. The fourth-order valence-electron chi connectivity index (χ4n) is 3.73. The van der Waals surface area contributed by atoms with Gasteiger partial charge in [-0.1, -0.05) is 23.7 Å². The second kappa shape index (κ2) is 7.39. The first-order valence-corrected chi connectivity index (χ1v) is 9.38. The van der Waals surface area contributed by atoms with Crippen molar-refractivity contribution in [2.45, 2.75) is 19.6 Å². The molecule has 2 aliphatic rings. The molecule has 2 aromatic rings. The Morgan fingerprint density at radius 3 is 2.85 bits per heavy atom. The second-order valence-electron chi connectivity index (χ2n) is 6.90. The maximum absolute atomic E-state index is 13.0. The van der Waals surface area contributed by atoms with Crippen LogP contribution in [0.1, 0.15) is 27.3 Å². The summed E-state index contributed by atoms with van der Waals surface area (Å²) in [6.45, 7) is 5.17. The predicted octanol–water partition coefficient (Wildman–Crippen LogP) is 2.10. The minimum atomic E-state index is 0.0229. The maximum Gasteiger partial charge on any atom is 0.274 e. The van der Waals surface area contributed by atoms with Gasteiger partial charge in [-0.3, -0.25) is 14.4 Å². The summed E-state index contributed by atoms with van der Waals surface area (Å²) < 4.78 is 7.37. The van der Waals surface area contributed by atoms with E-state index in [1.54, 1.807) is 0 Å². The Morgan fingerprint density at radius 1 is 1.27 bits per heavy atom. The van der Waals surface area contributed by atoms with Crippen molar-refractivity contribution in [2.24, 2.45) is 7.05 Å². The SMILES string of the molecule is Cn1nc(C(=O)N2CCN(Cc3cccc(Cl)c3)CC2)c2c1CCOC2. The van der Waals surface area contributed by atoms with Crippen LogP contribution in [-0.2, 0) is 31.4 Å². The molecule has 0 aliphatic carbocycles. The summed E-state index contributed by atoms with van der Waals surface area (Å²) in [4.78, 5) is 17.2. The highest BCUT2D eigenvalue weighted by atomic mass is 35.5. The Balaban J connectivity index is 1.40. The summed E-state index contributed by atoms with van der Waals surface area (Å²) in [5, 5.41) is 5.24. The van der Waals surface area contributed by atoms with Gasteiger partial charge in [0.15, 0.2) is 5.69 Å². The first-order valence-electron chi connectivity index (χ1n) is 9.00. The fraction of sp³-hybridized carbons (Fsp3) is 0.474. The van der Waals surface area contributed by atoms with E-state index in [4.69, 9.17) is 16.3 Å². The summed E-state index contributed by atoms with van der Waals surface area (Å²) in [6.07, 6.45) is 0.819. The molecule has 26 heavy (non-hydrogen) atoms. The van der Waals surface area contributed by atoms with E-state index in [9.17, 15) is 4.79 Å². The van der Waals surface area contributed by atoms with Crippen molar-refractivity contribution in [1.29, 1.82) is 0 Å². The van der Waals surface area contributed by atoms with E-state index in [2.05, 4.69) is 16.1 Å². The van der Waals surface area contributed by atoms with Gasteiger partial charge in [-0.15, -0.1) is 0 Å². The molecule has 4 rings (SSSR count). The van der Waals surface area contributed by atoms with Gasteiger partial charge < -0.3 is 9.64 Å². The molecular formula is C19H23ClN4O2. The first kappa shape index (κ1) is 17.5. The number of halogens is 1. The molecule has 1 fully saturated rings. The minimum absolute atomic E-state index is 0.0229. The molecule has 7 heteroatoms. The molecule has 0 bridgehead atoms. The molecular weight excluding hydrogens is 352 g/mol.